The summed E-state index contributed by atoms with van der Waals surface area (Å²) in [6, 6.07) is 11.8. The Balaban J connectivity index is 0.00000306. The minimum Gasteiger partial charge on any atom is -0.492 e. The summed E-state index contributed by atoms with van der Waals surface area (Å²) in [5, 5.41) is 3.29. The van der Waals surface area contributed by atoms with Crippen molar-refractivity contribution in [2.75, 3.05) is 44.7 Å². The number of amides is 1. The number of fused-ring (bicyclic) bond motifs is 1. The second-order valence-corrected chi connectivity index (χ2v) is 8.04. The number of nitrogens with zero attached hydrogens (tertiary/aromatic N) is 3. The predicted octanol–water partition coefficient (Wildman–Crippen LogP) is 4.15. The van der Waals surface area contributed by atoms with Gasteiger partial charge in [-0.25, -0.2) is 8.78 Å². The Bertz CT molecular complexity index is 1000. The summed E-state index contributed by atoms with van der Waals surface area (Å²) in [6.45, 7) is 3.15. The van der Waals surface area contributed by atoms with Gasteiger partial charge in [0.05, 0.1) is 6.54 Å². The van der Waals surface area contributed by atoms with Crippen LogP contribution in [0.5, 0.6) is 5.75 Å². The molecule has 1 amide bonds. The van der Waals surface area contributed by atoms with E-state index in [2.05, 4.69) is 27.3 Å². The van der Waals surface area contributed by atoms with Crippen LogP contribution in [0.25, 0.3) is 0 Å². The predicted molar refractivity (Wildman–Crippen MR) is 136 cm³/mol. The number of guanidine groups is 1. The summed E-state index contributed by atoms with van der Waals surface area (Å²) in [5.41, 5.74) is 2.38. The van der Waals surface area contributed by atoms with Crippen LogP contribution in [0.4, 0.5) is 14.5 Å². The maximum atomic E-state index is 13.3. The van der Waals surface area contributed by atoms with Crippen LogP contribution in [0.1, 0.15) is 30.7 Å². The van der Waals surface area contributed by atoms with E-state index in [1.807, 2.05) is 17.0 Å². The number of anilines is 1. The lowest BCUT2D eigenvalue weighted by molar-refractivity contribution is -0.127. The smallest absolute Gasteiger partial charge is 0.222 e. The van der Waals surface area contributed by atoms with Crippen molar-refractivity contribution in [1.82, 2.24) is 10.2 Å². The molecule has 1 saturated heterocycles. The van der Waals surface area contributed by atoms with Crippen molar-refractivity contribution >= 4 is 41.5 Å². The molecule has 1 unspecified atom stereocenters. The average Bonchev–Trinajstić information content (AvgIpc) is 3.38. The molecular weight excluding hydrogens is 541 g/mol. The maximum Gasteiger partial charge on any atom is 0.222 e. The standard InChI is InChI=1S/C24H28F2N4O2.HI/c1-27-24(28-11-14-32-18-8-9-20(25)21(26)15-18)30-16-17(19-5-2-3-6-22(19)30)10-13-29-12-4-7-23(29)31;/h2-3,5-6,8-9,15,17H,4,7,10-14,16H2,1H3,(H,27,28);1H. The quantitative estimate of drug-likeness (QED) is 0.235. The molecule has 2 aliphatic heterocycles. The van der Waals surface area contributed by atoms with Crippen molar-refractivity contribution < 1.29 is 18.3 Å². The molecule has 1 N–H and O–H groups in total. The van der Waals surface area contributed by atoms with Gasteiger partial charge in [0.25, 0.3) is 0 Å². The molecule has 1 fully saturated rings. The fourth-order valence-electron chi connectivity index (χ4n) is 4.39. The van der Waals surface area contributed by atoms with Gasteiger partial charge in [-0.1, -0.05) is 18.2 Å². The number of nitrogens with one attached hydrogen (secondary N) is 1. The Labute approximate surface area is 210 Å². The van der Waals surface area contributed by atoms with Gasteiger partial charge < -0.3 is 19.9 Å². The monoisotopic (exact) mass is 570 g/mol. The number of rotatable bonds is 7. The summed E-state index contributed by atoms with van der Waals surface area (Å²) in [4.78, 5) is 20.5. The van der Waals surface area contributed by atoms with E-state index < -0.39 is 11.6 Å². The molecule has 0 spiro atoms. The highest BCUT2D eigenvalue weighted by molar-refractivity contribution is 14.0. The normalized spacial score (nSPS) is 17.7. The highest BCUT2D eigenvalue weighted by atomic mass is 127. The van der Waals surface area contributed by atoms with E-state index >= 15 is 0 Å². The Morgan fingerprint density at radius 2 is 2.03 bits per heavy atom. The van der Waals surface area contributed by atoms with Gasteiger partial charge in [-0.3, -0.25) is 9.79 Å². The zero-order chi connectivity index (χ0) is 22.5. The summed E-state index contributed by atoms with van der Waals surface area (Å²) in [5.74, 6) is -0.244. The van der Waals surface area contributed by atoms with Gasteiger partial charge in [0.2, 0.25) is 5.91 Å². The highest BCUT2D eigenvalue weighted by Gasteiger charge is 2.32. The van der Waals surface area contributed by atoms with Crippen LogP contribution in [0.2, 0.25) is 0 Å². The first-order valence-electron chi connectivity index (χ1n) is 11.0. The number of carbonyl (C=O) groups is 1. The molecule has 33 heavy (non-hydrogen) atoms. The lowest BCUT2D eigenvalue weighted by atomic mass is 9.98. The summed E-state index contributed by atoms with van der Waals surface area (Å²) >= 11 is 0. The molecule has 4 rings (SSSR count). The zero-order valence-corrected chi connectivity index (χ0v) is 20.9. The third-order valence-electron chi connectivity index (χ3n) is 6.00. The molecule has 2 aliphatic rings. The summed E-state index contributed by atoms with van der Waals surface area (Å²) in [7, 11) is 1.73. The van der Waals surface area contributed by atoms with Crippen LogP contribution >= 0.6 is 24.0 Å². The molecule has 9 heteroatoms. The van der Waals surface area contributed by atoms with Gasteiger partial charge in [-0.05, 0) is 36.6 Å². The van der Waals surface area contributed by atoms with Crippen molar-refractivity contribution in [3.05, 3.63) is 59.7 Å². The van der Waals surface area contributed by atoms with Crippen LogP contribution in [0.15, 0.2) is 47.5 Å². The second kappa shape index (κ2) is 11.6. The Morgan fingerprint density at radius 3 is 2.76 bits per heavy atom. The van der Waals surface area contributed by atoms with Gasteiger partial charge in [-0.2, -0.15) is 0 Å². The Kier molecular flexibility index (Phi) is 8.87. The Hall–Kier alpha value is -2.43. The van der Waals surface area contributed by atoms with E-state index in [4.69, 9.17) is 4.74 Å². The first-order chi connectivity index (χ1) is 15.6. The van der Waals surface area contributed by atoms with Gasteiger partial charge in [-0.15, -0.1) is 24.0 Å². The van der Waals surface area contributed by atoms with E-state index in [1.165, 1.54) is 11.6 Å². The van der Waals surface area contributed by atoms with Crippen molar-refractivity contribution in [3.8, 4) is 5.75 Å². The molecule has 6 nitrogen and oxygen atoms in total. The molecule has 1 atom stereocenters. The van der Waals surface area contributed by atoms with E-state index in [0.717, 1.165) is 56.3 Å². The number of hydrogen-bond acceptors (Lipinski definition) is 3. The Morgan fingerprint density at radius 1 is 1.21 bits per heavy atom. The zero-order valence-electron chi connectivity index (χ0n) is 18.6. The first kappa shape index (κ1) is 25.2. The van der Waals surface area contributed by atoms with E-state index in [9.17, 15) is 13.6 Å². The third kappa shape index (κ3) is 5.93. The van der Waals surface area contributed by atoms with Crippen molar-refractivity contribution in [2.45, 2.75) is 25.2 Å². The van der Waals surface area contributed by atoms with Gasteiger partial charge in [0.15, 0.2) is 17.6 Å². The van der Waals surface area contributed by atoms with E-state index in [-0.39, 0.29) is 42.2 Å². The van der Waals surface area contributed by atoms with Crippen molar-refractivity contribution in [1.29, 1.82) is 0 Å². The molecule has 0 aromatic heterocycles. The lowest BCUT2D eigenvalue weighted by Crippen LogP contribution is -2.42. The summed E-state index contributed by atoms with van der Waals surface area (Å²) < 4.78 is 31.9. The fourth-order valence-corrected chi connectivity index (χ4v) is 4.39. The molecule has 2 aromatic rings. The number of hydrogen-bond donors (Lipinski definition) is 1. The number of benzene rings is 2. The average molecular weight is 570 g/mol. The molecule has 2 heterocycles. The highest BCUT2D eigenvalue weighted by Crippen LogP contribution is 2.38. The molecule has 0 bridgehead atoms. The molecule has 178 valence electrons. The topological polar surface area (TPSA) is 57.2 Å². The SMILES string of the molecule is CN=C(NCCOc1ccc(F)c(F)c1)N1CC(CCN2CCCC2=O)c2ccccc21.I. The number of carbonyl (C=O) groups excluding carboxylic acids is 1. The van der Waals surface area contributed by atoms with Gasteiger partial charge >= 0.3 is 0 Å². The number of likely N-dealkylation sites (tertiary alicyclic amines) is 1. The molecule has 2 aromatic carbocycles. The van der Waals surface area contributed by atoms with Crippen LogP contribution in [0, 0.1) is 11.6 Å². The van der Waals surface area contributed by atoms with E-state index in [0.29, 0.717) is 18.9 Å². The van der Waals surface area contributed by atoms with Crippen LogP contribution in [-0.2, 0) is 4.79 Å². The van der Waals surface area contributed by atoms with E-state index in [1.54, 1.807) is 7.05 Å². The number of para-hydroxylation sites is 1. The van der Waals surface area contributed by atoms with Crippen molar-refractivity contribution in [2.24, 2.45) is 4.99 Å². The lowest BCUT2D eigenvalue weighted by Gasteiger charge is -2.23. The number of aliphatic imine (C=N–C) groups is 1. The minimum atomic E-state index is -0.929. The van der Waals surface area contributed by atoms with Crippen LogP contribution < -0.4 is 15.0 Å². The third-order valence-corrected chi connectivity index (χ3v) is 6.00. The number of ether oxygens (including phenoxy) is 1. The van der Waals surface area contributed by atoms with Crippen molar-refractivity contribution in [3.63, 3.8) is 0 Å². The summed E-state index contributed by atoms with van der Waals surface area (Å²) in [6.07, 6.45) is 2.53. The molecular formula is C24H29F2IN4O2. The van der Waals surface area contributed by atoms with Gasteiger partial charge in [0, 0.05) is 50.8 Å². The van der Waals surface area contributed by atoms with Crippen LogP contribution in [0.3, 0.4) is 0 Å². The molecule has 0 aliphatic carbocycles. The molecule has 0 saturated carbocycles. The minimum absolute atomic E-state index is 0. The maximum absolute atomic E-state index is 13.3. The fraction of sp³-hybridized carbons (Fsp3) is 0.417. The second-order valence-electron chi connectivity index (χ2n) is 8.04. The number of halogens is 3. The van der Waals surface area contributed by atoms with Crippen LogP contribution in [-0.4, -0.2) is 56.6 Å². The molecule has 0 radical (unpaired) electrons. The first-order valence-corrected chi connectivity index (χ1v) is 11.0. The van der Waals surface area contributed by atoms with Gasteiger partial charge in [0.1, 0.15) is 12.4 Å². The largest absolute Gasteiger partial charge is 0.492 e.